The lowest BCUT2D eigenvalue weighted by Crippen LogP contribution is -2.44. The van der Waals surface area contributed by atoms with Crippen LogP contribution in [0.2, 0.25) is 0 Å². The maximum Gasteiger partial charge on any atom is 0.396 e. The van der Waals surface area contributed by atoms with Crippen LogP contribution in [0.5, 0.6) is 0 Å². The second-order valence-electron chi connectivity index (χ2n) is 3.65. The van der Waals surface area contributed by atoms with Crippen LogP contribution in [-0.2, 0) is 15.4 Å². The summed E-state index contributed by atoms with van der Waals surface area (Å²) in [6, 6.07) is 3.64. The Morgan fingerprint density at radius 2 is 1.59 bits per heavy atom. The van der Waals surface area contributed by atoms with Crippen LogP contribution in [0, 0.1) is 5.82 Å². The zero-order valence-corrected chi connectivity index (χ0v) is 9.18. The molecule has 1 aromatic carbocycles. The zero-order valence-electron chi connectivity index (χ0n) is 8.37. The minimum absolute atomic E-state index is 0.183. The van der Waals surface area contributed by atoms with Crippen molar-refractivity contribution in [2.75, 3.05) is 5.75 Å². The number of alkyl halides is 3. The molecule has 0 amide bonds. The van der Waals surface area contributed by atoms with E-state index in [1.165, 1.54) is 0 Å². The van der Waals surface area contributed by atoms with E-state index in [1.807, 2.05) is 0 Å². The second kappa shape index (κ2) is 4.04. The molecule has 98 valence electrons. The van der Waals surface area contributed by atoms with E-state index >= 15 is 0 Å². The average Bonchev–Trinajstić information content (AvgIpc) is 2.02. The van der Waals surface area contributed by atoms with Crippen molar-refractivity contribution >= 4 is 9.63 Å². The standard InChI is InChI=1S/C9H10F4O3S/c10-8-3-1-7(2-4-8)5-17(14,15,16)6-9(11,12)13/h1-4H,5-6H2,(H2,14,15,16)/p-2. The minimum atomic E-state index is -6.31. The summed E-state index contributed by atoms with van der Waals surface area (Å²) in [7, 11) is -6.31. The third-order valence-electron chi connectivity index (χ3n) is 1.80. The Hall–Kier alpha value is -0.990. The molecule has 0 unspecified atom stereocenters. The van der Waals surface area contributed by atoms with Crippen molar-refractivity contribution in [1.29, 1.82) is 0 Å². The van der Waals surface area contributed by atoms with Crippen LogP contribution in [0.3, 0.4) is 0 Å². The van der Waals surface area contributed by atoms with Crippen LogP contribution in [0.25, 0.3) is 0 Å². The van der Waals surface area contributed by atoms with Crippen LogP contribution >= 0.6 is 0 Å². The molecule has 0 radical (unpaired) electrons. The summed E-state index contributed by atoms with van der Waals surface area (Å²) in [6.07, 6.45) is -5.09. The minimum Gasteiger partial charge on any atom is -0.798 e. The van der Waals surface area contributed by atoms with Gasteiger partial charge in [0.2, 0.25) is 0 Å². The van der Waals surface area contributed by atoms with Crippen LogP contribution in [0.15, 0.2) is 24.3 Å². The normalized spacial score (nSPS) is 15.3. The first-order valence-electron chi connectivity index (χ1n) is 4.36. The lowest BCUT2D eigenvalue weighted by molar-refractivity contribution is -0.109. The van der Waals surface area contributed by atoms with Gasteiger partial charge in [-0.3, -0.25) is 0 Å². The van der Waals surface area contributed by atoms with Gasteiger partial charge in [-0.25, -0.2) is 14.0 Å². The van der Waals surface area contributed by atoms with Crippen molar-refractivity contribution in [3.63, 3.8) is 0 Å². The molecule has 0 fully saturated rings. The molecule has 17 heavy (non-hydrogen) atoms. The highest BCUT2D eigenvalue weighted by molar-refractivity contribution is 8.09. The van der Waals surface area contributed by atoms with Gasteiger partial charge in [0.25, 0.3) is 0 Å². The van der Waals surface area contributed by atoms with E-state index in [2.05, 4.69) is 0 Å². The van der Waals surface area contributed by atoms with Crippen molar-refractivity contribution in [2.24, 2.45) is 0 Å². The summed E-state index contributed by atoms with van der Waals surface area (Å²) in [6.45, 7) is 0. The smallest absolute Gasteiger partial charge is 0.396 e. The first-order chi connectivity index (χ1) is 7.45. The highest BCUT2D eigenvalue weighted by Crippen LogP contribution is 2.30. The van der Waals surface area contributed by atoms with Gasteiger partial charge in [-0.2, -0.15) is 13.2 Å². The number of rotatable bonds is 3. The SMILES string of the molecule is O=S([O-])([O-])(Cc1ccc(F)cc1)CC(F)(F)F. The summed E-state index contributed by atoms with van der Waals surface area (Å²) in [5, 5.41) is 0. The number of sulfone groups is 3. The molecule has 1 aromatic rings. The average molecular weight is 272 g/mol. The molecular weight excluding hydrogens is 264 g/mol. The number of hydrogen-bond acceptors (Lipinski definition) is 3. The predicted octanol–water partition coefficient (Wildman–Crippen LogP) is 1.97. The van der Waals surface area contributed by atoms with Crippen molar-refractivity contribution in [3.8, 4) is 0 Å². The molecule has 1 rings (SSSR count). The fraction of sp³-hybridized carbons (Fsp3) is 0.333. The Labute approximate surface area is 94.5 Å². The van der Waals surface area contributed by atoms with Gasteiger partial charge in [0.1, 0.15) is 5.82 Å². The molecule has 0 bridgehead atoms. The Bertz CT molecular complexity index is 460. The molecule has 0 atom stereocenters. The third-order valence-corrected chi connectivity index (χ3v) is 3.58. The Kier molecular flexibility index (Phi) is 3.34. The molecule has 8 heteroatoms. The van der Waals surface area contributed by atoms with E-state index in [9.17, 15) is 30.9 Å². The Morgan fingerprint density at radius 3 is 2.00 bits per heavy atom. The maximum absolute atomic E-state index is 12.5. The van der Waals surface area contributed by atoms with E-state index < -0.39 is 33.1 Å². The van der Waals surface area contributed by atoms with E-state index in [0.29, 0.717) is 0 Å². The van der Waals surface area contributed by atoms with Crippen LogP contribution in [-0.4, -0.2) is 25.2 Å². The van der Waals surface area contributed by atoms with E-state index in [-0.39, 0.29) is 5.56 Å². The lowest BCUT2D eigenvalue weighted by Gasteiger charge is -2.55. The molecule has 0 N–H and O–H groups in total. The van der Waals surface area contributed by atoms with Gasteiger partial charge < -0.3 is 13.3 Å². The molecule has 3 nitrogen and oxygen atoms in total. The molecule has 0 saturated heterocycles. The summed E-state index contributed by atoms with van der Waals surface area (Å²) in [5.41, 5.74) is -0.183. The van der Waals surface area contributed by atoms with Gasteiger partial charge >= 0.3 is 6.18 Å². The van der Waals surface area contributed by atoms with Crippen LogP contribution in [0.1, 0.15) is 5.56 Å². The molecule has 0 spiro atoms. The lowest BCUT2D eigenvalue weighted by atomic mass is 10.2. The summed E-state index contributed by atoms with van der Waals surface area (Å²) < 4.78 is 81.7. The molecule has 0 aromatic heterocycles. The topological polar surface area (TPSA) is 63.2 Å². The third kappa shape index (κ3) is 5.24. The van der Waals surface area contributed by atoms with E-state index in [0.717, 1.165) is 24.3 Å². The molecule has 0 aliphatic rings. The number of halogens is 4. The quantitative estimate of drug-likeness (QED) is 0.790. The zero-order chi connectivity index (χ0) is 13.3. The number of hydrogen-bond donors (Lipinski definition) is 0. The van der Waals surface area contributed by atoms with Crippen molar-refractivity contribution in [3.05, 3.63) is 35.6 Å². The van der Waals surface area contributed by atoms with Crippen LogP contribution in [0.4, 0.5) is 17.6 Å². The van der Waals surface area contributed by atoms with Crippen molar-refractivity contribution in [1.82, 2.24) is 0 Å². The second-order valence-corrected chi connectivity index (χ2v) is 6.45. The first-order valence-corrected chi connectivity index (χ1v) is 6.52. The molecular formula is C9H8F4O3S-2. The Morgan fingerprint density at radius 1 is 1.12 bits per heavy atom. The predicted molar refractivity (Wildman–Crippen MR) is 50.7 cm³/mol. The maximum atomic E-state index is 12.5. The van der Waals surface area contributed by atoms with Gasteiger partial charge in [0.15, 0.2) is 0 Å². The summed E-state index contributed by atoms with van der Waals surface area (Å²) in [5.74, 6) is -4.41. The first kappa shape index (κ1) is 14.1. The largest absolute Gasteiger partial charge is 0.798 e. The molecule has 0 aliphatic carbocycles. The van der Waals surface area contributed by atoms with Crippen molar-refractivity contribution in [2.45, 2.75) is 11.9 Å². The van der Waals surface area contributed by atoms with Crippen molar-refractivity contribution < 1.29 is 30.9 Å². The summed E-state index contributed by atoms with van der Waals surface area (Å²) >= 11 is 0. The monoisotopic (exact) mass is 272 g/mol. The van der Waals surface area contributed by atoms with E-state index in [1.54, 1.807) is 0 Å². The molecule has 0 saturated carbocycles. The molecule has 0 aliphatic heterocycles. The fourth-order valence-electron chi connectivity index (χ4n) is 1.27. The Balaban J connectivity index is 2.92. The highest BCUT2D eigenvalue weighted by Gasteiger charge is 2.33. The molecule has 0 heterocycles. The fourth-order valence-corrected chi connectivity index (χ4v) is 2.84. The highest BCUT2D eigenvalue weighted by atomic mass is 32.3. The van der Waals surface area contributed by atoms with Gasteiger partial charge in [0.05, 0.1) is 5.75 Å². The van der Waals surface area contributed by atoms with Crippen LogP contribution < -0.4 is 0 Å². The van der Waals surface area contributed by atoms with Gasteiger partial charge in [-0.15, -0.1) is 0 Å². The number of benzene rings is 1. The van der Waals surface area contributed by atoms with Gasteiger partial charge in [0, 0.05) is 5.75 Å². The van der Waals surface area contributed by atoms with Gasteiger partial charge in [-0.1, -0.05) is 12.1 Å². The van der Waals surface area contributed by atoms with E-state index in [4.69, 9.17) is 0 Å². The van der Waals surface area contributed by atoms with Gasteiger partial charge in [-0.05, 0) is 17.7 Å². The summed E-state index contributed by atoms with van der Waals surface area (Å²) in [4.78, 5) is 0.